The van der Waals surface area contributed by atoms with E-state index >= 15 is 0 Å². The summed E-state index contributed by atoms with van der Waals surface area (Å²) in [5, 5.41) is 8.63. The maximum absolute atomic E-state index is 6.97. The molecule has 16 rings (SSSR count). The van der Waals surface area contributed by atoms with Gasteiger partial charge in [-0.05, 0) is 106 Å². The molecule has 0 saturated heterocycles. The van der Waals surface area contributed by atoms with Gasteiger partial charge in [0, 0.05) is 54.9 Å². The maximum atomic E-state index is 6.97. The van der Waals surface area contributed by atoms with E-state index in [2.05, 4.69) is 220 Å². The van der Waals surface area contributed by atoms with Crippen LogP contribution in [-0.2, 0) is 0 Å². The zero-order valence-electron chi connectivity index (χ0n) is 42.5. The molecule has 6 heteroatoms. The van der Waals surface area contributed by atoms with E-state index < -0.39 is 0 Å². The number of allylic oxidation sites excluding steroid dienone is 12. The summed E-state index contributed by atoms with van der Waals surface area (Å²) in [5.74, 6) is 0.344. The van der Waals surface area contributed by atoms with E-state index in [-0.39, 0.29) is 23.7 Å². The average molecular weight is 983 g/mol. The second-order valence-electron chi connectivity index (χ2n) is 21.4. The molecule has 12 aromatic rings. The minimum Gasteiger partial charge on any atom is -0.454 e. The van der Waals surface area contributed by atoms with Crippen LogP contribution >= 0.6 is 0 Å². The fourth-order valence-corrected chi connectivity index (χ4v) is 13.3. The van der Waals surface area contributed by atoms with E-state index in [1.165, 1.54) is 33.4 Å². The number of anilines is 4. The molecule has 4 heterocycles. The summed E-state index contributed by atoms with van der Waals surface area (Å²) in [5.41, 5.74) is 20.6. The third-order valence-corrected chi connectivity index (χ3v) is 16.6. The van der Waals surface area contributed by atoms with E-state index in [0.717, 1.165) is 122 Å². The lowest BCUT2D eigenvalue weighted by molar-refractivity contribution is 0.522. The van der Waals surface area contributed by atoms with Crippen molar-refractivity contribution in [2.45, 2.75) is 27.7 Å². The van der Waals surface area contributed by atoms with E-state index in [4.69, 9.17) is 17.7 Å². The lowest BCUT2D eigenvalue weighted by atomic mass is 9.59. The second-order valence-corrected chi connectivity index (χ2v) is 21.4. The van der Waals surface area contributed by atoms with Crippen molar-refractivity contribution in [2.24, 2.45) is 23.7 Å². The van der Waals surface area contributed by atoms with Gasteiger partial charge in [0.1, 0.15) is 22.3 Å². The summed E-state index contributed by atoms with van der Waals surface area (Å²) >= 11 is 0. The summed E-state index contributed by atoms with van der Waals surface area (Å²) < 4.78 is 27.9. The monoisotopic (exact) mass is 982 g/mol. The first-order valence-corrected chi connectivity index (χ1v) is 26.6. The van der Waals surface area contributed by atoms with Gasteiger partial charge in [-0.1, -0.05) is 173 Å². The Hall–Kier alpha value is -9.26. The standard InChI is InChI=1S/C70H50N2O4/c1-39(2)53-37-59(71(55-25-13-21-47-41-17-5-9-29-61(41)73-67(47)55)56-26-14-22-48-42-18-6-10-30-62(42)74-68(48)56)51-36-34-46-54(40(3)4)38-60(52-35-33-45(53)65(51)66(46)52)72(57-27-15-23-49-43-19-7-11-31-63(43)75-69(49)57)58-28-16-24-50-44-20-8-12-32-64(44)76-70(50)58/h5-40,65-66H,1-4H3. The van der Waals surface area contributed by atoms with Crippen LogP contribution in [0.3, 0.4) is 0 Å². The quantitative estimate of drug-likeness (QED) is 0.151. The number of furan rings is 4. The molecule has 0 radical (unpaired) electrons. The lowest BCUT2D eigenvalue weighted by Crippen LogP contribution is -2.38. The zero-order chi connectivity index (χ0) is 50.5. The third kappa shape index (κ3) is 6.04. The molecule has 2 atom stereocenters. The Balaban J connectivity index is 0.974. The molecular formula is C70H50N2O4. The van der Waals surface area contributed by atoms with Crippen LogP contribution in [0.15, 0.2) is 269 Å². The minimum absolute atomic E-state index is 0.0343. The van der Waals surface area contributed by atoms with Gasteiger partial charge >= 0.3 is 0 Å². The first-order chi connectivity index (χ1) is 37.4. The average Bonchev–Trinajstić information content (AvgIpc) is 4.35. The Morgan fingerprint density at radius 1 is 0.355 bits per heavy atom. The topological polar surface area (TPSA) is 59.0 Å². The maximum Gasteiger partial charge on any atom is 0.159 e. The van der Waals surface area contributed by atoms with Gasteiger partial charge in [-0.2, -0.15) is 0 Å². The van der Waals surface area contributed by atoms with E-state index in [0.29, 0.717) is 0 Å². The number of para-hydroxylation sites is 8. The predicted octanol–water partition coefficient (Wildman–Crippen LogP) is 19.6. The molecule has 76 heavy (non-hydrogen) atoms. The van der Waals surface area contributed by atoms with Gasteiger partial charge in [-0.15, -0.1) is 0 Å². The van der Waals surface area contributed by atoms with Gasteiger partial charge in [-0.3, -0.25) is 0 Å². The van der Waals surface area contributed by atoms with Crippen LogP contribution in [0.4, 0.5) is 22.7 Å². The van der Waals surface area contributed by atoms with Crippen molar-refractivity contribution in [1.29, 1.82) is 0 Å². The van der Waals surface area contributed by atoms with Crippen molar-refractivity contribution >= 4 is 111 Å². The number of hydrogen-bond acceptors (Lipinski definition) is 6. The third-order valence-electron chi connectivity index (χ3n) is 16.6. The molecule has 0 N–H and O–H groups in total. The van der Waals surface area contributed by atoms with Crippen molar-refractivity contribution in [3.8, 4) is 0 Å². The van der Waals surface area contributed by atoms with Crippen LogP contribution in [0.1, 0.15) is 27.7 Å². The van der Waals surface area contributed by atoms with Crippen molar-refractivity contribution < 1.29 is 17.7 Å². The summed E-state index contributed by atoms with van der Waals surface area (Å²) in [6, 6.07) is 59.7. The smallest absolute Gasteiger partial charge is 0.159 e. The van der Waals surface area contributed by atoms with Gasteiger partial charge in [0.15, 0.2) is 22.3 Å². The number of hydrogen-bond donors (Lipinski definition) is 0. The Kier molecular flexibility index (Phi) is 9.16. The van der Waals surface area contributed by atoms with Gasteiger partial charge in [-0.25, -0.2) is 0 Å². The largest absolute Gasteiger partial charge is 0.454 e. The molecule has 0 saturated carbocycles. The second kappa shape index (κ2) is 16.1. The van der Waals surface area contributed by atoms with Crippen LogP contribution in [-0.4, -0.2) is 0 Å². The highest BCUT2D eigenvalue weighted by molar-refractivity contribution is 6.15. The minimum atomic E-state index is -0.0343. The highest BCUT2D eigenvalue weighted by atomic mass is 16.3. The molecule has 6 nitrogen and oxygen atoms in total. The Labute approximate surface area is 438 Å². The molecule has 4 aliphatic rings. The normalized spacial score (nSPS) is 17.3. The molecule has 0 bridgehead atoms. The van der Waals surface area contributed by atoms with Gasteiger partial charge in [0.05, 0.1) is 34.1 Å². The fraction of sp³-hybridized carbons (Fsp3) is 0.114. The molecule has 0 spiro atoms. The highest BCUT2D eigenvalue weighted by Crippen LogP contribution is 2.59. The van der Waals surface area contributed by atoms with Crippen molar-refractivity contribution in [3.63, 3.8) is 0 Å². The van der Waals surface area contributed by atoms with Gasteiger partial charge in [0.2, 0.25) is 0 Å². The van der Waals surface area contributed by atoms with E-state index in [1.54, 1.807) is 0 Å². The summed E-state index contributed by atoms with van der Waals surface area (Å²) in [6.45, 7) is 9.35. The van der Waals surface area contributed by atoms with E-state index in [9.17, 15) is 0 Å². The number of nitrogens with zero attached hydrogens (tertiary/aromatic N) is 2. The lowest BCUT2D eigenvalue weighted by Gasteiger charge is -2.48. The molecule has 4 aromatic heterocycles. The zero-order valence-corrected chi connectivity index (χ0v) is 42.5. The summed E-state index contributed by atoms with van der Waals surface area (Å²) in [7, 11) is 0. The molecule has 364 valence electrons. The number of fused-ring (bicyclic) bond motifs is 12. The van der Waals surface area contributed by atoms with Crippen LogP contribution < -0.4 is 9.80 Å². The first kappa shape index (κ1) is 43.2. The molecule has 4 aliphatic carbocycles. The predicted molar refractivity (Wildman–Crippen MR) is 311 cm³/mol. The highest BCUT2D eigenvalue weighted by Gasteiger charge is 2.47. The Bertz CT molecular complexity index is 4510. The van der Waals surface area contributed by atoms with Crippen molar-refractivity contribution in [1.82, 2.24) is 0 Å². The van der Waals surface area contributed by atoms with Crippen molar-refractivity contribution in [3.05, 3.63) is 251 Å². The molecule has 0 amide bonds. The van der Waals surface area contributed by atoms with Crippen LogP contribution in [0.2, 0.25) is 0 Å². The molecule has 0 fully saturated rings. The van der Waals surface area contributed by atoms with Crippen LogP contribution in [0, 0.1) is 23.7 Å². The molecule has 0 aliphatic heterocycles. The van der Waals surface area contributed by atoms with Gasteiger partial charge in [0.25, 0.3) is 0 Å². The van der Waals surface area contributed by atoms with E-state index in [1.807, 2.05) is 24.3 Å². The Morgan fingerprint density at radius 2 is 0.724 bits per heavy atom. The van der Waals surface area contributed by atoms with Crippen LogP contribution in [0.5, 0.6) is 0 Å². The number of benzene rings is 8. The van der Waals surface area contributed by atoms with Gasteiger partial charge < -0.3 is 27.5 Å². The summed E-state index contributed by atoms with van der Waals surface area (Å²) in [6.07, 6.45) is 14.6. The first-order valence-electron chi connectivity index (χ1n) is 26.6. The molecule has 2 unspecified atom stereocenters. The Morgan fingerprint density at radius 3 is 1.14 bits per heavy atom. The van der Waals surface area contributed by atoms with Crippen molar-refractivity contribution in [2.75, 3.05) is 9.80 Å². The van der Waals surface area contributed by atoms with Crippen LogP contribution in [0.25, 0.3) is 87.8 Å². The molecule has 8 aromatic carbocycles. The SMILES string of the molecule is CC(C)C1=CC(N(c2cccc3c2oc2ccccc23)c2cccc3c2oc2ccccc23)=C2C=CC3=C(C(C)C)C=C(N(c4cccc5c4oc4ccccc45)c4cccc5c4oc4ccccc45)C4=CC=C1C2C43. The summed E-state index contributed by atoms with van der Waals surface area (Å²) in [4.78, 5) is 4.89. The molecular weight excluding hydrogens is 933 g/mol. The fourth-order valence-electron chi connectivity index (χ4n) is 13.3. The number of rotatable bonds is 8.